The SMILES string of the molecule is CCC1NC(CC(C)C)C(=O)N1CC1CCOC1. The zero-order chi connectivity index (χ0) is 13.1. The van der Waals surface area contributed by atoms with E-state index in [2.05, 4.69) is 26.1 Å². The van der Waals surface area contributed by atoms with E-state index in [0.29, 0.717) is 17.7 Å². The Morgan fingerprint density at radius 2 is 2.28 bits per heavy atom. The van der Waals surface area contributed by atoms with Crippen molar-refractivity contribution >= 4 is 5.91 Å². The fourth-order valence-corrected chi connectivity index (χ4v) is 2.95. The monoisotopic (exact) mass is 254 g/mol. The van der Waals surface area contributed by atoms with Crippen LogP contribution in [0.5, 0.6) is 0 Å². The first-order valence-corrected chi connectivity index (χ1v) is 7.26. The minimum Gasteiger partial charge on any atom is -0.381 e. The van der Waals surface area contributed by atoms with E-state index in [1.807, 2.05) is 4.90 Å². The average molecular weight is 254 g/mol. The molecule has 0 aromatic carbocycles. The predicted molar refractivity (Wildman–Crippen MR) is 71.1 cm³/mol. The maximum absolute atomic E-state index is 12.4. The third-order valence-electron chi connectivity index (χ3n) is 3.92. The molecule has 1 amide bonds. The molecule has 0 aliphatic carbocycles. The molecule has 2 fully saturated rings. The lowest BCUT2D eigenvalue weighted by atomic mass is 10.0. The molecule has 0 aromatic heterocycles. The molecule has 0 aromatic rings. The highest BCUT2D eigenvalue weighted by molar-refractivity contribution is 5.84. The summed E-state index contributed by atoms with van der Waals surface area (Å²) in [5.74, 6) is 1.38. The van der Waals surface area contributed by atoms with Gasteiger partial charge < -0.3 is 9.64 Å². The molecule has 18 heavy (non-hydrogen) atoms. The van der Waals surface area contributed by atoms with E-state index in [0.717, 1.165) is 39.0 Å². The van der Waals surface area contributed by atoms with Crippen molar-refractivity contribution in [3.63, 3.8) is 0 Å². The van der Waals surface area contributed by atoms with Crippen molar-refractivity contribution in [1.82, 2.24) is 10.2 Å². The minimum absolute atomic E-state index is 0.0253. The van der Waals surface area contributed by atoms with Crippen molar-refractivity contribution in [2.24, 2.45) is 11.8 Å². The van der Waals surface area contributed by atoms with Crippen LogP contribution in [0.1, 0.15) is 40.0 Å². The Hall–Kier alpha value is -0.610. The van der Waals surface area contributed by atoms with Gasteiger partial charge in [0.2, 0.25) is 5.91 Å². The molecule has 2 saturated heterocycles. The fourth-order valence-electron chi connectivity index (χ4n) is 2.95. The molecule has 2 aliphatic heterocycles. The lowest BCUT2D eigenvalue weighted by Crippen LogP contribution is -2.40. The van der Waals surface area contributed by atoms with Gasteiger partial charge in [0.05, 0.1) is 18.8 Å². The number of carbonyl (C=O) groups is 1. The van der Waals surface area contributed by atoms with E-state index < -0.39 is 0 Å². The standard InChI is InChI=1S/C14H26N2O2/c1-4-13-15-12(7-10(2)3)14(17)16(13)8-11-5-6-18-9-11/h10-13,15H,4-9H2,1-3H3. The highest BCUT2D eigenvalue weighted by Crippen LogP contribution is 2.22. The van der Waals surface area contributed by atoms with E-state index in [1.54, 1.807) is 0 Å². The molecule has 2 heterocycles. The Bertz CT molecular complexity index is 288. The number of nitrogens with zero attached hydrogens (tertiary/aromatic N) is 1. The molecule has 3 unspecified atom stereocenters. The molecule has 0 bridgehead atoms. The van der Waals surface area contributed by atoms with Gasteiger partial charge in [-0.05, 0) is 25.2 Å². The average Bonchev–Trinajstić information content (AvgIpc) is 2.91. The first-order chi connectivity index (χ1) is 8.61. The van der Waals surface area contributed by atoms with Gasteiger partial charge in [-0.15, -0.1) is 0 Å². The Kier molecular flexibility index (Phi) is 4.62. The second-order valence-electron chi connectivity index (χ2n) is 5.99. The molecular formula is C14H26N2O2. The summed E-state index contributed by atoms with van der Waals surface area (Å²) in [6.07, 6.45) is 3.23. The van der Waals surface area contributed by atoms with Gasteiger partial charge in [0.1, 0.15) is 0 Å². The summed E-state index contributed by atoms with van der Waals surface area (Å²) in [5.41, 5.74) is 0. The smallest absolute Gasteiger partial charge is 0.241 e. The van der Waals surface area contributed by atoms with Crippen LogP contribution in [-0.2, 0) is 9.53 Å². The Morgan fingerprint density at radius 3 is 2.83 bits per heavy atom. The molecular weight excluding hydrogens is 228 g/mol. The van der Waals surface area contributed by atoms with Gasteiger partial charge in [-0.1, -0.05) is 20.8 Å². The number of amides is 1. The van der Waals surface area contributed by atoms with Gasteiger partial charge in [0.15, 0.2) is 0 Å². The fraction of sp³-hybridized carbons (Fsp3) is 0.929. The van der Waals surface area contributed by atoms with Crippen molar-refractivity contribution in [2.45, 2.75) is 52.2 Å². The van der Waals surface area contributed by atoms with Gasteiger partial charge in [-0.25, -0.2) is 0 Å². The minimum atomic E-state index is 0.0253. The summed E-state index contributed by atoms with van der Waals surface area (Å²) in [6, 6.07) is 0.0253. The summed E-state index contributed by atoms with van der Waals surface area (Å²) in [7, 11) is 0. The van der Waals surface area contributed by atoms with Gasteiger partial charge in [0.25, 0.3) is 0 Å². The number of carbonyl (C=O) groups excluding carboxylic acids is 1. The molecule has 0 saturated carbocycles. The van der Waals surface area contributed by atoms with E-state index >= 15 is 0 Å². The molecule has 0 spiro atoms. The van der Waals surface area contributed by atoms with Crippen LogP contribution < -0.4 is 5.32 Å². The summed E-state index contributed by atoms with van der Waals surface area (Å²) in [6.45, 7) is 9.01. The van der Waals surface area contributed by atoms with Crippen LogP contribution in [0.4, 0.5) is 0 Å². The Balaban J connectivity index is 1.96. The van der Waals surface area contributed by atoms with Crippen LogP contribution in [-0.4, -0.2) is 42.8 Å². The highest BCUT2D eigenvalue weighted by Gasteiger charge is 2.39. The first kappa shape index (κ1) is 13.8. The zero-order valence-corrected chi connectivity index (χ0v) is 11.8. The molecule has 3 atom stereocenters. The highest BCUT2D eigenvalue weighted by atomic mass is 16.5. The van der Waals surface area contributed by atoms with Crippen molar-refractivity contribution in [3.8, 4) is 0 Å². The number of nitrogens with one attached hydrogen (secondary N) is 1. The largest absolute Gasteiger partial charge is 0.381 e. The summed E-state index contributed by atoms with van der Waals surface area (Å²) >= 11 is 0. The van der Waals surface area contributed by atoms with Gasteiger partial charge >= 0.3 is 0 Å². The van der Waals surface area contributed by atoms with Crippen molar-refractivity contribution in [1.29, 1.82) is 0 Å². The van der Waals surface area contributed by atoms with Crippen molar-refractivity contribution < 1.29 is 9.53 Å². The Labute approximate surface area is 110 Å². The molecule has 2 aliphatic rings. The molecule has 4 heteroatoms. The number of rotatable bonds is 5. The second kappa shape index (κ2) is 6.02. The number of ether oxygens (including phenoxy) is 1. The van der Waals surface area contributed by atoms with E-state index in [9.17, 15) is 4.79 Å². The summed E-state index contributed by atoms with van der Waals surface area (Å²) < 4.78 is 5.40. The van der Waals surface area contributed by atoms with Crippen LogP contribution >= 0.6 is 0 Å². The Morgan fingerprint density at radius 1 is 1.50 bits per heavy atom. The summed E-state index contributed by atoms with van der Waals surface area (Å²) in [5, 5.41) is 3.48. The van der Waals surface area contributed by atoms with Crippen LogP contribution in [0.15, 0.2) is 0 Å². The first-order valence-electron chi connectivity index (χ1n) is 7.26. The second-order valence-corrected chi connectivity index (χ2v) is 5.99. The van der Waals surface area contributed by atoms with Gasteiger partial charge in [-0.3, -0.25) is 10.1 Å². The predicted octanol–water partition coefficient (Wildman–Crippen LogP) is 1.61. The van der Waals surface area contributed by atoms with E-state index in [1.165, 1.54) is 0 Å². The van der Waals surface area contributed by atoms with Crippen LogP contribution in [0, 0.1) is 11.8 Å². The molecule has 1 N–H and O–H groups in total. The quantitative estimate of drug-likeness (QED) is 0.810. The van der Waals surface area contributed by atoms with Crippen LogP contribution in [0.3, 0.4) is 0 Å². The van der Waals surface area contributed by atoms with Gasteiger partial charge in [-0.2, -0.15) is 0 Å². The maximum atomic E-state index is 12.4. The van der Waals surface area contributed by atoms with Crippen LogP contribution in [0.2, 0.25) is 0 Å². The van der Waals surface area contributed by atoms with Crippen molar-refractivity contribution in [2.75, 3.05) is 19.8 Å². The number of hydrogen-bond donors (Lipinski definition) is 1. The topological polar surface area (TPSA) is 41.6 Å². The lowest BCUT2D eigenvalue weighted by Gasteiger charge is -2.25. The summed E-state index contributed by atoms with van der Waals surface area (Å²) in [4.78, 5) is 14.5. The third kappa shape index (κ3) is 3.04. The van der Waals surface area contributed by atoms with Gasteiger partial charge in [0, 0.05) is 19.1 Å². The molecule has 4 nitrogen and oxygen atoms in total. The van der Waals surface area contributed by atoms with E-state index in [-0.39, 0.29) is 12.2 Å². The van der Waals surface area contributed by atoms with E-state index in [4.69, 9.17) is 4.74 Å². The number of hydrogen-bond acceptors (Lipinski definition) is 3. The molecule has 104 valence electrons. The van der Waals surface area contributed by atoms with Crippen LogP contribution in [0.25, 0.3) is 0 Å². The van der Waals surface area contributed by atoms with Crippen molar-refractivity contribution in [3.05, 3.63) is 0 Å². The normalized spacial score (nSPS) is 32.8. The zero-order valence-electron chi connectivity index (χ0n) is 11.8. The maximum Gasteiger partial charge on any atom is 0.241 e. The molecule has 0 radical (unpaired) electrons. The lowest BCUT2D eigenvalue weighted by molar-refractivity contribution is -0.131. The molecule has 2 rings (SSSR count). The third-order valence-corrected chi connectivity index (χ3v) is 3.92.